The highest BCUT2D eigenvalue weighted by molar-refractivity contribution is 5.91. The average Bonchev–Trinajstić information content (AvgIpc) is 2.92. The summed E-state index contributed by atoms with van der Waals surface area (Å²) in [4.78, 5) is 19.4. The highest BCUT2D eigenvalue weighted by Gasteiger charge is 2.16. The zero-order valence-corrected chi connectivity index (χ0v) is 21.2. The Morgan fingerprint density at radius 2 is 1.81 bits per heavy atom. The Labute approximate surface area is 217 Å². The molecule has 0 spiro atoms. The van der Waals surface area contributed by atoms with Crippen LogP contribution >= 0.6 is 0 Å². The highest BCUT2D eigenvalue weighted by atomic mass is 19.1. The molecule has 1 amide bonds. The van der Waals surface area contributed by atoms with Crippen LogP contribution in [0.3, 0.4) is 0 Å². The van der Waals surface area contributed by atoms with Crippen LogP contribution in [0.4, 0.5) is 10.1 Å². The van der Waals surface area contributed by atoms with Gasteiger partial charge in [-0.3, -0.25) is 9.78 Å². The number of methoxy groups -OCH3 is 1. The minimum atomic E-state index is -0.298. The Hall–Kier alpha value is -4.13. The first-order valence-electron chi connectivity index (χ1n) is 12.4. The number of ether oxygens (including phenoxy) is 2. The molecule has 1 atom stereocenters. The normalized spacial score (nSPS) is 11.6. The first-order valence-corrected chi connectivity index (χ1v) is 12.4. The number of nitrogens with zero attached hydrogens (tertiary/aromatic N) is 2. The number of hydrogen-bond donors (Lipinski definition) is 1. The maximum absolute atomic E-state index is 13.4. The second kappa shape index (κ2) is 12.7. The van der Waals surface area contributed by atoms with E-state index in [4.69, 9.17) is 9.47 Å². The molecule has 4 aromatic rings. The summed E-state index contributed by atoms with van der Waals surface area (Å²) in [7, 11) is 1.65. The van der Waals surface area contributed by atoms with Crippen molar-refractivity contribution >= 4 is 22.5 Å². The van der Waals surface area contributed by atoms with Gasteiger partial charge in [0.05, 0.1) is 18.3 Å². The molecular weight excluding hydrogens is 469 g/mol. The molecule has 0 fully saturated rings. The Bertz CT molecular complexity index is 1300. The summed E-state index contributed by atoms with van der Waals surface area (Å²) in [5.74, 6) is 1.00. The molecular formula is C30H32FN3O3. The van der Waals surface area contributed by atoms with Crippen LogP contribution in [0.25, 0.3) is 10.9 Å². The Kier molecular flexibility index (Phi) is 8.92. The molecule has 0 aliphatic heterocycles. The lowest BCUT2D eigenvalue weighted by Gasteiger charge is -2.24. The first-order chi connectivity index (χ1) is 18.0. The third-order valence-electron chi connectivity index (χ3n) is 6.13. The van der Waals surface area contributed by atoms with Crippen LogP contribution in [0.5, 0.6) is 11.5 Å². The Balaban J connectivity index is 1.38. The number of carbonyl (C=O) groups is 1. The van der Waals surface area contributed by atoms with E-state index in [0.29, 0.717) is 18.8 Å². The molecule has 7 heteroatoms. The second-order valence-corrected chi connectivity index (χ2v) is 8.98. The van der Waals surface area contributed by atoms with E-state index in [0.717, 1.165) is 40.7 Å². The minimum Gasteiger partial charge on any atom is -0.497 e. The number of hydrogen-bond acceptors (Lipinski definition) is 5. The fourth-order valence-corrected chi connectivity index (χ4v) is 4.17. The number of nitrogens with one attached hydrogen (secondary N) is 1. The van der Waals surface area contributed by atoms with Crippen molar-refractivity contribution in [2.24, 2.45) is 0 Å². The Morgan fingerprint density at radius 1 is 1.03 bits per heavy atom. The summed E-state index contributed by atoms with van der Waals surface area (Å²) in [5, 5.41) is 4.56. The summed E-state index contributed by atoms with van der Waals surface area (Å²) in [6.45, 7) is 3.00. The van der Waals surface area contributed by atoms with Gasteiger partial charge in [0.1, 0.15) is 17.3 Å². The Morgan fingerprint density at radius 3 is 2.57 bits per heavy atom. The smallest absolute Gasteiger partial charge is 0.260 e. The molecule has 1 aromatic heterocycles. The van der Waals surface area contributed by atoms with Crippen LogP contribution in [-0.2, 0) is 11.3 Å². The predicted octanol–water partition coefficient (Wildman–Crippen LogP) is 6.07. The average molecular weight is 502 g/mol. The molecule has 0 aliphatic carbocycles. The number of anilines is 1. The lowest BCUT2D eigenvalue weighted by atomic mass is 10.1. The number of benzene rings is 3. The molecule has 0 radical (unpaired) electrons. The van der Waals surface area contributed by atoms with Crippen LogP contribution in [0.15, 0.2) is 85.1 Å². The lowest BCUT2D eigenvalue weighted by Crippen LogP contribution is -2.35. The van der Waals surface area contributed by atoms with Crippen LogP contribution in [0.2, 0.25) is 0 Å². The monoisotopic (exact) mass is 501 g/mol. The van der Waals surface area contributed by atoms with E-state index in [1.807, 2.05) is 54.6 Å². The first kappa shape index (κ1) is 25.9. The van der Waals surface area contributed by atoms with E-state index in [-0.39, 0.29) is 24.4 Å². The minimum absolute atomic E-state index is 0.0551. The van der Waals surface area contributed by atoms with Crippen molar-refractivity contribution in [3.63, 3.8) is 0 Å². The topological polar surface area (TPSA) is 63.7 Å². The molecule has 4 rings (SSSR count). The number of pyridine rings is 1. The molecule has 0 aliphatic rings. The third-order valence-corrected chi connectivity index (χ3v) is 6.13. The van der Waals surface area contributed by atoms with Crippen molar-refractivity contribution in [2.75, 3.05) is 25.6 Å². The van der Waals surface area contributed by atoms with Gasteiger partial charge in [0.15, 0.2) is 6.61 Å². The fourth-order valence-electron chi connectivity index (χ4n) is 4.17. The maximum Gasteiger partial charge on any atom is 0.260 e. The van der Waals surface area contributed by atoms with Crippen molar-refractivity contribution in [3.05, 3.63) is 96.4 Å². The van der Waals surface area contributed by atoms with Gasteiger partial charge in [0.25, 0.3) is 5.91 Å². The van der Waals surface area contributed by atoms with Crippen LogP contribution in [-0.4, -0.2) is 42.1 Å². The molecule has 37 heavy (non-hydrogen) atoms. The molecule has 1 unspecified atom stereocenters. The highest BCUT2D eigenvalue weighted by Crippen LogP contribution is 2.28. The number of para-hydroxylation sites is 1. The van der Waals surface area contributed by atoms with Gasteiger partial charge >= 0.3 is 0 Å². The molecule has 1 heterocycles. The summed E-state index contributed by atoms with van der Waals surface area (Å²) >= 11 is 0. The second-order valence-electron chi connectivity index (χ2n) is 8.98. The van der Waals surface area contributed by atoms with Crippen molar-refractivity contribution in [1.29, 1.82) is 0 Å². The van der Waals surface area contributed by atoms with Crippen molar-refractivity contribution in [1.82, 2.24) is 9.88 Å². The number of carbonyl (C=O) groups excluding carboxylic acids is 1. The number of rotatable bonds is 12. The zero-order valence-electron chi connectivity index (χ0n) is 21.2. The lowest BCUT2D eigenvalue weighted by molar-refractivity contribution is -0.134. The molecule has 6 nitrogen and oxygen atoms in total. The number of aromatic nitrogens is 1. The van der Waals surface area contributed by atoms with Gasteiger partial charge in [-0.1, -0.05) is 36.4 Å². The van der Waals surface area contributed by atoms with Crippen LogP contribution in [0, 0.1) is 5.82 Å². The summed E-state index contributed by atoms with van der Waals surface area (Å²) in [6, 6.07) is 23.5. The summed E-state index contributed by atoms with van der Waals surface area (Å²) in [6.07, 6.45) is 3.39. The summed E-state index contributed by atoms with van der Waals surface area (Å²) in [5.41, 5.74) is 2.67. The maximum atomic E-state index is 13.4. The standard InChI is InChI=1S/C30H32FN3O3/c1-22(33-28-19-27(36-2)18-24-9-6-16-32-30(24)28)8-7-17-34(20-23-12-14-25(31)15-13-23)29(35)21-37-26-10-4-3-5-11-26/h3-6,9-16,18-19,22,33H,7-8,17,20-21H2,1-2H3. The van der Waals surface area contributed by atoms with Gasteiger partial charge in [-0.25, -0.2) is 4.39 Å². The summed E-state index contributed by atoms with van der Waals surface area (Å²) < 4.78 is 24.5. The van der Waals surface area contributed by atoms with Crippen molar-refractivity contribution < 1.29 is 18.7 Å². The number of fused-ring (bicyclic) bond motifs is 1. The van der Waals surface area contributed by atoms with Crippen molar-refractivity contribution in [2.45, 2.75) is 32.4 Å². The molecule has 1 N–H and O–H groups in total. The zero-order chi connectivity index (χ0) is 26.0. The van der Waals surface area contributed by atoms with E-state index in [2.05, 4.69) is 17.2 Å². The molecule has 192 valence electrons. The number of halogens is 1. The van der Waals surface area contributed by atoms with Crippen molar-refractivity contribution in [3.8, 4) is 11.5 Å². The van der Waals surface area contributed by atoms with Gasteiger partial charge in [-0.15, -0.1) is 0 Å². The largest absolute Gasteiger partial charge is 0.497 e. The van der Waals surface area contributed by atoms with E-state index < -0.39 is 0 Å². The molecule has 0 saturated heterocycles. The molecule has 0 saturated carbocycles. The van der Waals surface area contributed by atoms with E-state index >= 15 is 0 Å². The van der Waals surface area contributed by atoms with Gasteiger partial charge < -0.3 is 19.7 Å². The van der Waals surface area contributed by atoms with Gasteiger partial charge in [0.2, 0.25) is 0 Å². The van der Waals surface area contributed by atoms with Gasteiger partial charge in [0, 0.05) is 36.8 Å². The third kappa shape index (κ3) is 7.43. The van der Waals surface area contributed by atoms with E-state index in [1.165, 1.54) is 12.1 Å². The fraction of sp³-hybridized carbons (Fsp3) is 0.267. The van der Waals surface area contributed by atoms with E-state index in [9.17, 15) is 9.18 Å². The van der Waals surface area contributed by atoms with Crippen LogP contribution in [0.1, 0.15) is 25.3 Å². The van der Waals surface area contributed by atoms with Gasteiger partial charge in [-0.05, 0) is 61.7 Å². The van der Waals surface area contributed by atoms with Gasteiger partial charge in [-0.2, -0.15) is 0 Å². The predicted molar refractivity (Wildman–Crippen MR) is 144 cm³/mol. The molecule has 0 bridgehead atoms. The SMILES string of the molecule is COc1cc(NC(C)CCCN(Cc2ccc(F)cc2)C(=O)COc2ccccc2)c2ncccc2c1. The number of amides is 1. The quantitative estimate of drug-likeness (QED) is 0.255. The van der Waals surface area contributed by atoms with Crippen LogP contribution < -0.4 is 14.8 Å². The molecule has 3 aromatic carbocycles. The van der Waals surface area contributed by atoms with E-state index in [1.54, 1.807) is 30.3 Å².